The first kappa shape index (κ1) is 15.5. The van der Waals surface area contributed by atoms with Gasteiger partial charge < -0.3 is 15.5 Å². The Bertz CT molecular complexity index is 857. The van der Waals surface area contributed by atoms with E-state index in [4.69, 9.17) is 33.4 Å². The van der Waals surface area contributed by atoms with Gasteiger partial charge in [0.2, 0.25) is 0 Å². The summed E-state index contributed by atoms with van der Waals surface area (Å²) in [5, 5.41) is 3.83. The summed E-state index contributed by atoms with van der Waals surface area (Å²) >= 11 is 11.7. The predicted molar refractivity (Wildman–Crippen MR) is 93.0 cm³/mol. The van der Waals surface area contributed by atoms with Gasteiger partial charge in [-0.05, 0) is 54.6 Å². The highest BCUT2D eigenvalue weighted by atomic mass is 35.5. The van der Waals surface area contributed by atoms with Crippen molar-refractivity contribution in [3.05, 3.63) is 70.4 Å². The van der Waals surface area contributed by atoms with Crippen molar-refractivity contribution in [2.75, 3.05) is 11.1 Å². The normalized spacial score (nSPS) is 10.5. The highest BCUT2D eigenvalue weighted by molar-refractivity contribution is 6.31. The number of benzene rings is 2. The SMILES string of the molecule is Nc1cc(Cl)ccc1NC(=O)c1ccc(-c2ccc(Cl)cc2)o1. The van der Waals surface area contributed by atoms with Crippen LogP contribution in [0.4, 0.5) is 11.4 Å². The predicted octanol–water partition coefficient (Wildman–Crippen LogP) is 5.09. The molecule has 0 saturated carbocycles. The number of nitrogens with one attached hydrogen (secondary N) is 1. The van der Waals surface area contributed by atoms with E-state index in [1.165, 1.54) is 0 Å². The van der Waals surface area contributed by atoms with Crippen LogP contribution in [0.25, 0.3) is 11.3 Å². The Labute approximate surface area is 142 Å². The average molecular weight is 347 g/mol. The Morgan fingerprint density at radius 2 is 1.65 bits per heavy atom. The highest BCUT2D eigenvalue weighted by Gasteiger charge is 2.13. The quantitative estimate of drug-likeness (QED) is 0.649. The van der Waals surface area contributed by atoms with Gasteiger partial charge in [-0.25, -0.2) is 0 Å². The molecule has 3 aromatic rings. The molecule has 2 aromatic carbocycles. The maximum Gasteiger partial charge on any atom is 0.291 e. The first-order chi connectivity index (χ1) is 11.0. The van der Waals surface area contributed by atoms with Gasteiger partial charge in [0.1, 0.15) is 5.76 Å². The van der Waals surface area contributed by atoms with Crippen molar-refractivity contribution in [3.8, 4) is 11.3 Å². The number of nitrogen functional groups attached to an aromatic ring is 1. The third-order valence-electron chi connectivity index (χ3n) is 3.22. The van der Waals surface area contributed by atoms with E-state index >= 15 is 0 Å². The molecule has 0 unspecified atom stereocenters. The van der Waals surface area contributed by atoms with Crippen molar-refractivity contribution < 1.29 is 9.21 Å². The molecule has 4 nitrogen and oxygen atoms in total. The molecule has 0 aliphatic rings. The summed E-state index contributed by atoms with van der Waals surface area (Å²) in [4.78, 5) is 12.2. The standard InChI is InChI=1S/C17H12Cl2N2O2/c18-11-3-1-10(2-4-11)15-7-8-16(23-15)17(22)21-14-6-5-12(19)9-13(14)20/h1-9H,20H2,(H,21,22). The zero-order chi connectivity index (χ0) is 16.4. The topological polar surface area (TPSA) is 68.3 Å². The largest absolute Gasteiger partial charge is 0.451 e. The van der Waals surface area contributed by atoms with Crippen LogP contribution in [0.1, 0.15) is 10.6 Å². The first-order valence-electron chi connectivity index (χ1n) is 6.75. The Morgan fingerprint density at radius 3 is 2.35 bits per heavy atom. The summed E-state index contributed by atoms with van der Waals surface area (Å²) in [6.07, 6.45) is 0. The summed E-state index contributed by atoms with van der Waals surface area (Å²) in [6.45, 7) is 0. The van der Waals surface area contributed by atoms with Crippen molar-refractivity contribution in [2.45, 2.75) is 0 Å². The number of hydrogen-bond acceptors (Lipinski definition) is 3. The number of carbonyl (C=O) groups is 1. The van der Waals surface area contributed by atoms with Crippen molar-refractivity contribution in [2.24, 2.45) is 0 Å². The van der Waals surface area contributed by atoms with Crippen LogP contribution in [-0.2, 0) is 0 Å². The minimum atomic E-state index is -0.390. The number of nitrogens with two attached hydrogens (primary N) is 1. The van der Waals surface area contributed by atoms with Crippen LogP contribution >= 0.6 is 23.2 Å². The zero-order valence-corrected chi connectivity index (χ0v) is 13.4. The van der Waals surface area contributed by atoms with Crippen molar-refractivity contribution in [1.82, 2.24) is 0 Å². The highest BCUT2D eigenvalue weighted by Crippen LogP contribution is 2.26. The van der Waals surface area contributed by atoms with E-state index in [2.05, 4.69) is 5.32 Å². The number of anilines is 2. The minimum absolute atomic E-state index is 0.185. The van der Waals surface area contributed by atoms with E-state index < -0.39 is 0 Å². The Hall–Kier alpha value is -2.43. The van der Waals surface area contributed by atoms with Crippen LogP contribution in [0.5, 0.6) is 0 Å². The third kappa shape index (κ3) is 3.50. The van der Waals surface area contributed by atoms with E-state index in [1.807, 2.05) is 12.1 Å². The van der Waals surface area contributed by atoms with E-state index in [1.54, 1.807) is 42.5 Å². The van der Waals surface area contributed by atoms with Crippen LogP contribution in [0.15, 0.2) is 59.0 Å². The van der Waals surface area contributed by atoms with E-state index in [-0.39, 0.29) is 11.7 Å². The molecule has 0 spiro atoms. The van der Waals surface area contributed by atoms with Crippen molar-refractivity contribution in [3.63, 3.8) is 0 Å². The molecular formula is C17H12Cl2N2O2. The molecule has 0 aliphatic heterocycles. The van der Waals surface area contributed by atoms with Gasteiger partial charge in [-0.2, -0.15) is 0 Å². The Balaban J connectivity index is 1.79. The van der Waals surface area contributed by atoms with Crippen molar-refractivity contribution >= 4 is 40.5 Å². The van der Waals surface area contributed by atoms with Gasteiger partial charge in [-0.3, -0.25) is 4.79 Å². The fourth-order valence-electron chi connectivity index (χ4n) is 2.06. The van der Waals surface area contributed by atoms with Crippen LogP contribution < -0.4 is 11.1 Å². The number of rotatable bonds is 3. The van der Waals surface area contributed by atoms with Gasteiger partial charge in [0.15, 0.2) is 5.76 Å². The molecule has 0 fully saturated rings. The fourth-order valence-corrected chi connectivity index (χ4v) is 2.37. The van der Waals surface area contributed by atoms with Gasteiger partial charge in [0, 0.05) is 15.6 Å². The van der Waals surface area contributed by atoms with Gasteiger partial charge in [-0.15, -0.1) is 0 Å². The lowest BCUT2D eigenvalue weighted by Crippen LogP contribution is -2.12. The second kappa shape index (κ2) is 6.36. The van der Waals surface area contributed by atoms with Gasteiger partial charge in [0.05, 0.1) is 11.4 Å². The molecule has 0 radical (unpaired) electrons. The summed E-state index contributed by atoms with van der Waals surface area (Å²) in [5.74, 6) is 0.374. The number of hydrogen-bond donors (Lipinski definition) is 2. The fraction of sp³-hybridized carbons (Fsp3) is 0. The minimum Gasteiger partial charge on any atom is -0.451 e. The molecule has 116 valence electrons. The lowest BCUT2D eigenvalue weighted by Gasteiger charge is -2.07. The van der Waals surface area contributed by atoms with Crippen LogP contribution in [0.3, 0.4) is 0 Å². The lowest BCUT2D eigenvalue weighted by molar-refractivity contribution is 0.0997. The van der Waals surface area contributed by atoms with Gasteiger partial charge >= 0.3 is 0 Å². The molecule has 6 heteroatoms. The Morgan fingerprint density at radius 1 is 0.957 bits per heavy atom. The lowest BCUT2D eigenvalue weighted by atomic mass is 10.2. The van der Waals surface area contributed by atoms with Crippen LogP contribution in [-0.4, -0.2) is 5.91 Å². The molecule has 3 rings (SSSR count). The zero-order valence-electron chi connectivity index (χ0n) is 11.8. The molecule has 23 heavy (non-hydrogen) atoms. The van der Waals surface area contributed by atoms with E-state index in [0.717, 1.165) is 5.56 Å². The molecule has 3 N–H and O–H groups in total. The Kier molecular flexibility index (Phi) is 4.28. The van der Waals surface area contributed by atoms with Crippen molar-refractivity contribution in [1.29, 1.82) is 0 Å². The first-order valence-corrected chi connectivity index (χ1v) is 7.51. The molecule has 1 aromatic heterocycles. The molecule has 0 bridgehead atoms. The molecular weight excluding hydrogens is 335 g/mol. The summed E-state index contributed by atoms with van der Waals surface area (Å²) < 4.78 is 5.59. The molecule has 1 amide bonds. The molecule has 0 saturated heterocycles. The number of amides is 1. The van der Waals surface area contributed by atoms with E-state index in [9.17, 15) is 4.79 Å². The second-order valence-electron chi connectivity index (χ2n) is 4.86. The summed E-state index contributed by atoms with van der Waals surface area (Å²) in [5.41, 5.74) is 7.51. The molecule has 0 aliphatic carbocycles. The van der Waals surface area contributed by atoms with Crippen LogP contribution in [0.2, 0.25) is 10.0 Å². The number of furan rings is 1. The van der Waals surface area contributed by atoms with Crippen LogP contribution in [0, 0.1) is 0 Å². The smallest absolute Gasteiger partial charge is 0.291 e. The molecule has 0 atom stereocenters. The molecule has 1 heterocycles. The number of halogens is 2. The summed E-state index contributed by atoms with van der Waals surface area (Å²) in [7, 11) is 0. The maximum absolute atomic E-state index is 12.2. The van der Waals surface area contributed by atoms with Gasteiger partial charge in [-0.1, -0.05) is 23.2 Å². The average Bonchev–Trinajstić information content (AvgIpc) is 3.01. The monoisotopic (exact) mass is 346 g/mol. The summed E-state index contributed by atoms with van der Waals surface area (Å²) in [6, 6.07) is 15.3. The third-order valence-corrected chi connectivity index (χ3v) is 3.71. The maximum atomic E-state index is 12.2. The second-order valence-corrected chi connectivity index (χ2v) is 5.73. The van der Waals surface area contributed by atoms with Gasteiger partial charge in [0.25, 0.3) is 5.91 Å². The number of carbonyl (C=O) groups excluding carboxylic acids is 1. The van der Waals surface area contributed by atoms with E-state index in [0.29, 0.717) is 27.2 Å².